The van der Waals surface area contributed by atoms with Gasteiger partial charge in [-0.2, -0.15) is 5.10 Å². The Labute approximate surface area is 93.6 Å². The summed E-state index contributed by atoms with van der Waals surface area (Å²) in [5.74, 6) is 1.65. The molecule has 3 rings (SSSR count). The lowest BCUT2D eigenvalue weighted by Gasteiger charge is -2.03. The molecule has 0 saturated carbocycles. The van der Waals surface area contributed by atoms with Crippen LogP contribution in [0.3, 0.4) is 0 Å². The van der Waals surface area contributed by atoms with Crippen LogP contribution in [0.25, 0.3) is 11.3 Å². The van der Waals surface area contributed by atoms with Gasteiger partial charge in [-0.25, -0.2) is 0 Å². The van der Waals surface area contributed by atoms with Crippen molar-refractivity contribution in [3.63, 3.8) is 0 Å². The van der Waals surface area contributed by atoms with Crippen LogP contribution in [-0.4, -0.2) is 16.4 Å². The number of anilines is 1. The molecule has 1 aromatic heterocycles. The van der Waals surface area contributed by atoms with Crippen LogP contribution >= 0.6 is 0 Å². The molecule has 2 N–H and O–H groups in total. The van der Waals surface area contributed by atoms with Crippen LogP contribution in [0, 0.1) is 0 Å². The minimum absolute atomic E-state index is 0.673. The van der Waals surface area contributed by atoms with Crippen LogP contribution in [0.15, 0.2) is 24.3 Å². The zero-order valence-electron chi connectivity index (χ0n) is 9.10. The van der Waals surface area contributed by atoms with Gasteiger partial charge >= 0.3 is 0 Å². The summed E-state index contributed by atoms with van der Waals surface area (Å²) in [5.41, 5.74) is 9.08. The topological polar surface area (TPSA) is 53.1 Å². The van der Waals surface area contributed by atoms with Gasteiger partial charge < -0.3 is 10.5 Å². The molecule has 0 bridgehead atoms. The van der Waals surface area contributed by atoms with E-state index >= 15 is 0 Å². The number of rotatable bonds is 1. The number of nitrogens with two attached hydrogens (primary N) is 1. The van der Waals surface area contributed by atoms with Gasteiger partial charge in [0.15, 0.2) is 0 Å². The number of aromatic nitrogens is 2. The van der Waals surface area contributed by atoms with E-state index in [0.29, 0.717) is 5.82 Å². The van der Waals surface area contributed by atoms with E-state index in [9.17, 15) is 0 Å². The number of nitrogen functional groups attached to an aromatic ring is 1. The largest absolute Gasteiger partial charge is 0.493 e. The SMILES string of the molecule is Cn1nc(-c2cccc3c2CCO3)cc1N. The van der Waals surface area contributed by atoms with Gasteiger partial charge in [-0.3, -0.25) is 4.68 Å². The Balaban J connectivity index is 2.17. The molecule has 2 heterocycles. The molecule has 0 unspecified atom stereocenters. The van der Waals surface area contributed by atoms with E-state index in [1.807, 2.05) is 25.2 Å². The Hall–Kier alpha value is -1.97. The number of benzene rings is 1. The second-order valence-corrected chi connectivity index (χ2v) is 3.96. The molecule has 16 heavy (non-hydrogen) atoms. The molecular weight excluding hydrogens is 202 g/mol. The zero-order valence-corrected chi connectivity index (χ0v) is 9.10. The third kappa shape index (κ3) is 1.26. The molecule has 0 amide bonds. The zero-order chi connectivity index (χ0) is 11.1. The normalized spacial score (nSPS) is 13.6. The van der Waals surface area contributed by atoms with E-state index in [0.717, 1.165) is 30.0 Å². The minimum Gasteiger partial charge on any atom is -0.493 e. The highest BCUT2D eigenvalue weighted by Crippen LogP contribution is 2.34. The highest BCUT2D eigenvalue weighted by molar-refractivity contribution is 5.69. The summed E-state index contributed by atoms with van der Waals surface area (Å²) in [5, 5.41) is 4.39. The van der Waals surface area contributed by atoms with Gasteiger partial charge in [0.1, 0.15) is 11.6 Å². The van der Waals surface area contributed by atoms with Crippen LogP contribution in [0.5, 0.6) is 5.75 Å². The summed E-state index contributed by atoms with van der Waals surface area (Å²) >= 11 is 0. The third-order valence-corrected chi connectivity index (χ3v) is 2.93. The molecule has 0 aliphatic carbocycles. The van der Waals surface area contributed by atoms with Gasteiger partial charge in [0.2, 0.25) is 0 Å². The molecule has 4 nitrogen and oxygen atoms in total. The molecule has 0 atom stereocenters. The lowest BCUT2D eigenvalue weighted by Crippen LogP contribution is -1.96. The Kier molecular flexibility index (Phi) is 1.89. The Morgan fingerprint density at radius 3 is 3.06 bits per heavy atom. The summed E-state index contributed by atoms with van der Waals surface area (Å²) in [6.07, 6.45) is 0.946. The molecule has 1 aliphatic rings. The fourth-order valence-electron chi connectivity index (χ4n) is 2.08. The summed E-state index contributed by atoms with van der Waals surface area (Å²) in [7, 11) is 1.85. The predicted molar refractivity (Wildman–Crippen MR) is 62.3 cm³/mol. The van der Waals surface area contributed by atoms with Crippen molar-refractivity contribution in [2.24, 2.45) is 7.05 Å². The van der Waals surface area contributed by atoms with Crippen LogP contribution in [0.4, 0.5) is 5.82 Å². The van der Waals surface area contributed by atoms with Crippen molar-refractivity contribution in [1.82, 2.24) is 9.78 Å². The number of hydrogen-bond donors (Lipinski definition) is 1. The molecule has 2 aromatic rings. The Morgan fingerprint density at radius 1 is 1.44 bits per heavy atom. The van der Waals surface area contributed by atoms with Crippen molar-refractivity contribution >= 4 is 5.82 Å². The molecular formula is C12H13N3O. The number of nitrogens with zero attached hydrogens (tertiary/aromatic N) is 2. The molecule has 0 fully saturated rings. The van der Waals surface area contributed by atoms with Gasteiger partial charge in [-0.1, -0.05) is 12.1 Å². The van der Waals surface area contributed by atoms with Gasteiger partial charge in [-0.15, -0.1) is 0 Å². The summed E-state index contributed by atoms with van der Waals surface area (Å²) in [6.45, 7) is 0.759. The maximum atomic E-state index is 5.79. The fraction of sp³-hybridized carbons (Fsp3) is 0.250. The van der Waals surface area contributed by atoms with E-state index in [-0.39, 0.29) is 0 Å². The maximum Gasteiger partial charge on any atom is 0.123 e. The van der Waals surface area contributed by atoms with Crippen LogP contribution in [-0.2, 0) is 13.5 Å². The first-order valence-electron chi connectivity index (χ1n) is 5.30. The van der Waals surface area contributed by atoms with E-state index < -0.39 is 0 Å². The minimum atomic E-state index is 0.673. The first-order chi connectivity index (χ1) is 7.75. The van der Waals surface area contributed by atoms with Crippen LogP contribution in [0.1, 0.15) is 5.56 Å². The summed E-state index contributed by atoms with van der Waals surface area (Å²) < 4.78 is 7.22. The quantitative estimate of drug-likeness (QED) is 0.786. The molecule has 82 valence electrons. The highest BCUT2D eigenvalue weighted by atomic mass is 16.5. The average molecular weight is 215 g/mol. The number of hydrogen-bond acceptors (Lipinski definition) is 3. The molecule has 1 aromatic carbocycles. The summed E-state index contributed by atoms with van der Waals surface area (Å²) in [4.78, 5) is 0. The van der Waals surface area contributed by atoms with E-state index in [4.69, 9.17) is 10.5 Å². The van der Waals surface area contributed by atoms with Gasteiger partial charge in [0, 0.05) is 30.7 Å². The fourth-order valence-corrected chi connectivity index (χ4v) is 2.08. The molecule has 0 spiro atoms. The first kappa shape index (κ1) is 9.27. The predicted octanol–water partition coefficient (Wildman–Crippen LogP) is 1.60. The Bertz CT molecular complexity index is 526. The van der Waals surface area contributed by atoms with Gasteiger partial charge in [-0.05, 0) is 6.07 Å². The van der Waals surface area contributed by atoms with Crippen molar-refractivity contribution in [3.8, 4) is 17.0 Å². The van der Waals surface area contributed by atoms with E-state index in [1.54, 1.807) is 4.68 Å². The monoisotopic (exact) mass is 215 g/mol. The first-order valence-corrected chi connectivity index (χ1v) is 5.30. The maximum absolute atomic E-state index is 5.79. The number of ether oxygens (including phenoxy) is 1. The summed E-state index contributed by atoms with van der Waals surface area (Å²) in [6, 6.07) is 7.95. The average Bonchev–Trinajstić information content (AvgIpc) is 2.85. The van der Waals surface area contributed by atoms with E-state index in [2.05, 4.69) is 11.2 Å². The molecule has 0 saturated heterocycles. The van der Waals surface area contributed by atoms with Gasteiger partial charge in [0.05, 0.1) is 12.3 Å². The third-order valence-electron chi connectivity index (χ3n) is 2.93. The molecule has 4 heteroatoms. The standard InChI is InChI=1S/C12H13N3O/c1-15-12(13)7-10(14-15)8-3-2-4-11-9(8)5-6-16-11/h2-4,7H,5-6,13H2,1H3. The number of aryl methyl sites for hydroxylation is 1. The number of fused-ring (bicyclic) bond motifs is 1. The van der Waals surface area contributed by atoms with Crippen LogP contribution < -0.4 is 10.5 Å². The van der Waals surface area contributed by atoms with Gasteiger partial charge in [0.25, 0.3) is 0 Å². The van der Waals surface area contributed by atoms with Crippen molar-refractivity contribution < 1.29 is 4.74 Å². The van der Waals surface area contributed by atoms with Crippen LogP contribution in [0.2, 0.25) is 0 Å². The van der Waals surface area contributed by atoms with Crippen molar-refractivity contribution in [2.45, 2.75) is 6.42 Å². The Morgan fingerprint density at radius 2 is 2.31 bits per heavy atom. The van der Waals surface area contributed by atoms with E-state index in [1.165, 1.54) is 5.56 Å². The smallest absolute Gasteiger partial charge is 0.123 e. The second kappa shape index (κ2) is 3.27. The second-order valence-electron chi connectivity index (χ2n) is 3.96. The highest BCUT2D eigenvalue weighted by Gasteiger charge is 2.18. The lowest BCUT2D eigenvalue weighted by molar-refractivity contribution is 0.357. The van der Waals surface area contributed by atoms with Crippen molar-refractivity contribution in [3.05, 3.63) is 29.8 Å². The lowest BCUT2D eigenvalue weighted by atomic mass is 10.0. The van der Waals surface area contributed by atoms with Crippen molar-refractivity contribution in [2.75, 3.05) is 12.3 Å². The molecule has 1 aliphatic heterocycles. The van der Waals surface area contributed by atoms with Crippen molar-refractivity contribution in [1.29, 1.82) is 0 Å². The molecule has 0 radical (unpaired) electrons.